The molecule has 0 aliphatic rings. The van der Waals surface area contributed by atoms with Gasteiger partial charge in [-0.15, -0.1) is 0 Å². The SMILES string of the molecule is CC(C)(NC(=O)c1cc(Cl)cc(Cl)c1)c1cnn(C(CNC(=O)O)C(C)(C)C)c1. The Morgan fingerprint density at radius 1 is 1.14 bits per heavy atom. The van der Waals surface area contributed by atoms with Crippen LogP contribution in [0.3, 0.4) is 0 Å². The molecular formula is C20H26Cl2N4O3. The number of hydrogen-bond acceptors (Lipinski definition) is 3. The predicted octanol–water partition coefficient (Wildman–Crippen LogP) is 4.71. The molecule has 0 spiro atoms. The second-order valence-electron chi connectivity index (χ2n) is 8.51. The highest BCUT2D eigenvalue weighted by Gasteiger charge is 2.30. The number of benzene rings is 1. The van der Waals surface area contributed by atoms with Crippen LogP contribution in [0.5, 0.6) is 0 Å². The van der Waals surface area contributed by atoms with Crippen molar-refractivity contribution in [2.75, 3.05) is 6.54 Å². The molecule has 2 rings (SSSR count). The summed E-state index contributed by atoms with van der Waals surface area (Å²) in [5.74, 6) is -0.313. The van der Waals surface area contributed by atoms with E-state index in [1.54, 1.807) is 29.1 Å². The van der Waals surface area contributed by atoms with Crippen LogP contribution in [0.1, 0.15) is 56.6 Å². The summed E-state index contributed by atoms with van der Waals surface area (Å²) in [4.78, 5) is 23.6. The van der Waals surface area contributed by atoms with Crippen LogP contribution in [0.4, 0.5) is 4.79 Å². The van der Waals surface area contributed by atoms with E-state index in [-0.39, 0.29) is 23.9 Å². The largest absolute Gasteiger partial charge is 0.465 e. The van der Waals surface area contributed by atoms with Crippen molar-refractivity contribution < 1.29 is 14.7 Å². The summed E-state index contributed by atoms with van der Waals surface area (Å²) in [6.07, 6.45) is 2.41. The summed E-state index contributed by atoms with van der Waals surface area (Å²) in [7, 11) is 0. The van der Waals surface area contributed by atoms with Crippen molar-refractivity contribution in [3.8, 4) is 0 Å². The van der Waals surface area contributed by atoms with E-state index in [9.17, 15) is 9.59 Å². The van der Waals surface area contributed by atoms with Crippen molar-refractivity contribution in [1.82, 2.24) is 20.4 Å². The number of aromatic nitrogens is 2. The van der Waals surface area contributed by atoms with E-state index in [1.165, 1.54) is 0 Å². The van der Waals surface area contributed by atoms with Crippen LogP contribution in [0, 0.1) is 5.41 Å². The number of rotatable bonds is 6. The number of carbonyl (C=O) groups excluding carboxylic acids is 1. The standard InChI is InChI=1S/C20H26Cl2N4O3/c1-19(2,3)16(10-23-18(28)29)26-11-13(9-24-26)20(4,5)25-17(27)12-6-14(21)8-15(22)7-12/h6-9,11,16,23H,10H2,1-5H3,(H,25,27)(H,28,29). The monoisotopic (exact) mass is 440 g/mol. The van der Waals surface area contributed by atoms with E-state index in [4.69, 9.17) is 28.3 Å². The molecule has 3 N–H and O–H groups in total. The summed E-state index contributed by atoms with van der Waals surface area (Å²) in [6, 6.07) is 4.46. The van der Waals surface area contributed by atoms with E-state index in [0.29, 0.717) is 15.6 Å². The molecule has 0 aliphatic carbocycles. The molecule has 1 aromatic carbocycles. The van der Waals surface area contributed by atoms with Gasteiger partial charge in [-0.3, -0.25) is 9.48 Å². The second kappa shape index (κ2) is 8.63. The van der Waals surface area contributed by atoms with Crippen LogP contribution >= 0.6 is 23.2 Å². The van der Waals surface area contributed by atoms with E-state index in [1.807, 2.05) is 40.8 Å². The van der Waals surface area contributed by atoms with Crippen molar-refractivity contribution in [1.29, 1.82) is 0 Å². The van der Waals surface area contributed by atoms with Crippen LogP contribution < -0.4 is 10.6 Å². The summed E-state index contributed by atoms with van der Waals surface area (Å²) in [5.41, 5.74) is 0.174. The first-order valence-electron chi connectivity index (χ1n) is 9.09. The third-order valence-corrected chi connectivity index (χ3v) is 5.08. The van der Waals surface area contributed by atoms with E-state index in [2.05, 4.69) is 15.7 Å². The molecule has 2 amide bonds. The van der Waals surface area contributed by atoms with Gasteiger partial charge >= 0.3 is 6.09 Å². The van der Waals surface area contributed by atoms with E-state index >= 15 is 0 Å². The maximum Gasteiger partial charge on any atom is 0.404 e. The van der Waals surface area contributed by atoms with Gasteiger partial charge in [0.15, 0.2) is 0 Å². The average Bonchev–Trinajstić information content (AvgIpc) is 3.02. The van der Waals surface area contributed by atoms with Gasteiger partial charge in [0.2, 0.25) is 0 Å². The van der Waals surface area contributed by atoms with Crippen LogP contribution in [-0.2, 0) is 5.54 Å². The van der Waals surface area contributed by atoms with Crippen molar-refractivity contribution in [2.24, 2.45) is 5.41 Å². The molecule has 158 valence electrons. The highest BCUT2D eigenvalue weighted by molar-refractivity contribution is 6.35. The number of hydrogen-bond donors (Lipinski definition) is 3. The van der Waals surface area contributed by atoms with Gasteiger partial charge in [-0.1, -0.05) is 44.0 Å². The quantitative estimate of drug-likeness (QED) is 0.605. The molecule has 0 saturated carbocycles. The lowest BCUT2D eigenvalue weighted by molar-refractivity contribution is 0.0911. The van der Waals surface area contributed by atoms with Gasteiger partial charge < -0.3 is 15.7 Å². The Labute approximate surface area is 180 Å². The smallest absolute Gasteiger partial charge is 0.404 e. The Kier molecular flexibility index (Phi) is 6.86. The fraction of sp³-hybridized carbons (Fsp3) is 0.450. The highest BCUT2D eigenvalue weighted by atomic mass is 35.5. The first kappa shape index (κ1) is 23.0. The normalized spacial score (nSPS) is 13.1. The Morgan fingerprint density at radius 3 is 2.24 bits per heavy atom. The van der Waals surface area contributed by atoms with Gasteiger partial charge in [-0.05, 0) is 37.5 Å². The van der Waals surface area contributed by atoms with Gasteiger partial charge in [0.05, 0.1) is 17.8 Å². The lowest BCUT2D eigenvalue weighted by Gasteiger charge is -2.31. The number of nitrogens with zero attached hydrogens (tertiary/aromatic N) is 2. The van der Waals surface area contributed by atoms with Gasteiger partial charge in [0, 0.05) is 33.9 Å². The number of halogens is 2. The molecule has 2 aromatic rings. The molecule has 7 nitrogen and oxygen atoms in total. The summed E-state index contributed by atoms with van der Waals surface area (Å²) < 4.78 is 1.73. The second-order valence-corrected chi connectivity index (χ2v) is 9.39. The Balaban J connectivity index is 2.24. The Bertz CT molecular complexity index is 883. The summed E-state index contributed by atoms with van der Waals surface area (Å²) in [5, 5.41) is 19.5. The van der Waals surface area contributed by atoms with Crippen molar-refractivity contribution in [3.63, 3.8) is 0 Å². The maximum atomic E-state index is 12.7. The number of amides is 2. The summed E-state index contributed by atoms with van der Waals surface area (Å²) in [6.45, 7) is 9.98. The minimum Gasteiger partial charge on any atom is -0.465 e. The molecule has 29 heavy (non-hydrogen) atoms. The van der Waals surface area contributed by atoms with Crippen LogP contribution in [-0.4, -0.2) is 33.4 Å². The van der Waals surface area contributed by atoms with Gasteiger partial charge in [0.1, 0.15) is 0 Å². The third kappa shape index (κ3) is 6.11. The predicted molar refractivity (Wildman–Crippen MR) is 114 cm³/mol. The molecule has 0 bridgehead atoms. The zero-order valence-electron chi connectivity index (χ0n) is 17.1. The zero-order valence-corrected chi connectivity index (χ0v) is 18.6. The minimum absolute atomic E-state index is 0.203. The topological polar surface area (TPSA) is 96.3 Å². The first-order valence-corrected chi connectivity index (χ1v) is 9.85. The lowest BCUT2D eigenvalue weighted by atomic mass is 9.86. The molecule has 1 atom stereocenters. The van der Waals surface area contributed by atoms with Crippen molar-refractivity contribution in [3.05, 3.63) is 51.8 Å². The molecule has 0 aliphatic heterocycles. The van der Waals surface area contributed by atoms with Crippen LogP contribution in [0.2, 0.25) is 10.0 Å². The lowest BCUT2D eigenvalue weighted by Crippen LogP contribution is -2.41. The van der Waals surface area contributed by atoms with Crippen molar-refractivity contribution in [2.45, 2.75) is 46.2 Å². The number of nitrogens with one attached hydrogen (secondary N) is 2. The zero-order chi connectivity index (χ0) is 22.0. The average molecular weight is 441 g/mol. The molecule has 9 heteroatoms. The molecule has 0 radical (unpaired) electrons. The number of carbonyl (C=O) groups is 2. The fourth-order valence-electron chi connectivity index (χ4n) is 2.92. The van der Waals surface area contributed by atoms with Crippen molar-refractivity contribution >= 4 is 35.2 Å². The third-order valence-electron chi connectivity index (χ3n) is 4.64. The first-order chi connectivity index (χ1) is 13.3. The van der Waals surface area contributed by atoms with Gasteiger partial charge in [-0.25, -0.2) is 4.79 Å². The van der Waals surface area contributed by atoms with E-state index in [0.717, 1.165) is 5.56 Å². The maximum absolute atomic E-state index is 12.7. The van der Waals surface area contributed by atoms with Gasteiger partial charge in [-0.2, -0.15) is 5.10 Å². The molecule has 1 unspecified atom stereocenters. The summed E-state index contributed by atoms with van der Waals surface area (Å²) >= 11 is 12.0. The highest BCUT2D eigenvalue weighted by Crippen LogP contribution is 2.31. The van der Waals surface area contributed by atoms with Gasteiger partial charge in [0.25, 0.3) is 5.91 Å². The van der Waals surface area contributed by atoms with Crippen LogP contribution in [0.15, 0.2) is 30.6 Å². The fourth-order valence-corrected chi connectivity index (χ4v) is 3.45. The Hall–Kier alpha value is -2.25. The molecule has 1 aromatic heterocycles. The van der Waals surface area contributed by atoms with Crippen LogP contribution in [0.25, 0.3) is 0 Å². The Morgan fingerprint density at radius 2 is 1.72 bits per heavy atom. The molecule has 1 heterocycles. The van der Waals surface area contributed by atoms with E-state index < -0.39 is 11.6 Å². The number of carboxylic acid groups (broad SMARTS) is 1. The molecule has 0 fully saturated rings. The molecule has 0 saturated heterocycles. The minimum atomic E-state index is -1.08. The molecular weight excluding hydrogens is 415 g/mol.